The van der Waals surface area contributed by atoms with E-state index in [-0.39, 0.29) is 27.6 Å². The van der Waals surface area contributed by atoms with Crippen molar-refractivity contribution in [1.82, 2.24) is 4.90 Å². The summed E-state index contributed by atoms with van der Waals surface area (Å²) in [5, 5.41) is 25.3. The van der Waals surface area contributed by atoms with E-state index in [2.05, 4.69) is 5.32 Å². The molecule has 0 radical (unpaired) electrons. The number of benzene rings is 2. The summed E-state index contributed by atoms with van der Waals surface area (Å²) in [6, 6.07) is 9.98. The Hall–Kier alpha value is -2.78. The quantitative estimate of drug-likeness (QED) is 0.451. The van der Waals surface area contributed by atoms with E-state index in [0.717, 1.165) is 0 Å². The van der Waals surface area contributed by atoms with Gasteiger partial charge in [0.25, 0.3) is 11.4 Å². The lowest BCUT2D eigenvalue weighted by molar-refractivity contribution is -0.385. The van der Waals surface area contributed by atoms with Crippen LogP contribution in [-0.4, -0.2) is 26.9 Å². The fourth-order valence-electron chi connectivity index (χ4n) is 2.22. The summed E-state index contributed by atoms with van der Waals surface area (Å²) >= 11 is 11.4. The Kier molecular flexibility index (Phi) is 6.06. The van der Waals surface area contributed by atoms with E-state index in [9.17, 15) is 20.2 Å². The smallest absolute Gasteiger partial charge is 0.271 e. The zero-order valence-electron chi connectivity index (χ0n) is 13.9. The molecule has 1 N–H and O–H groups in total. The van der Waals surface area contributed by atoms with Crippen molar-refractivity contribution in [2.24, 2.45) is 0 Å². The van der Waals surface area contributed by atoms with Gasteiger partial charge in [-0.05, 0) is 30.8 Å². The van der Waals surface area contributed by atoms with Gasteiger partial charge in [-0.25, -0.2) is 0 Å². The van der Waals surface area contributed by atoms with Crippen LogP contribution in [-0.2, 0) is 0 Å². The van der Waals surface area contributed by atoms with E-state index in [4.69, 9.17) is 23.8 Å². The lowest BCUT2D eigenvalue weighted by Crippen LogP contribution is -2.33. The molecule has 1 atom stereocenters. The Morgan fingerprint density at radius 2 is 1.77 bits per heavy atom. The summed E-state index contributed by atoms with van der Waals surface area (Å²) < 4.78 is 0. The van der Waals surface area contributed by atoms with Crippen LogP contribution in [0.4, 0.5) is 17.1 Å². The number of hydrogen-bond acceptors (Lipinski definition) is 5. The minimum atomic E-state index is -0.528. The maximum absolute atomic E-state index is 10.9. The first-order valence-electron chi connectivity index (χ1n) is 7.43. The Morgan fingerprint density at radius 3 is 2.38 bits per heavy atom. The average molecular weight is 395 g/mol. The van der Waals surface area contributed by atoms with Crippen LogP contribution in [0.3, 0.4) is 0 Å². The average Bonchev–Trinajstić information content (AvgIpc) is 2.62. The van der Waals surface area contributed by atoms with Gasteiger partial charge in [0.05, 0.1) is 26.6 Å². The number of nitrogens with one attached hydrogen (secondary N) is 1. The van der Waals surface area contributed by atoms with Crippen LogP contribution in [0.2, 0.25) is 5.02 Å². The van der Waals surface area contributed by atoms with Crippen molar-refractivity contribution in [2.45, 2.75) is 13.0 Å². The molecule has 0 saturated heterocycles. The van der Waals surface area contributed by atoms with E-state index in [1.807, 2.05) is 6.92 Å². The topological polar surface area (TPSA) is 102 Å². The van der Waals surface area contributed by atoms with Crippen LogP contribution in [0.15, 0.2) is 42.5 Å². The lowest BCUT2D eigenvalue weighted by Gasteiger charge is -2.28. The number of halogens is 1. The van der Waals surface area contributed by atoms with Crippen LogP contribution in [0.1, 0.15) is 18.5 Å². The fourth-order valence-corrected chi connectivity index (χ4v) is 2.66. The zero-order valence-corrected chi connectivity index (χ0v) is 15.5. The van der Waals surface area contributed by atoms with Gasteiger partial charge in [0.1, 0.15) is 0 Å². The Morgan fingerprint density at radius 1 is 1.15 bits per heavy atom. The second kappa shape index (κ2) is 8.07. The largest absolute Gasteiger partial charge is 0.345 e. The highest BCUT2D eigenvalue weighted by Crippen LogP contribution is 2.28. The van der Waals surface area contributed by atoms with Crippen LogP contribution in [0.25, 0.3) is 0 Å². The first-order chi connectivity index (χ1) is 12.2. The van der Waals surface area contributed by atoms with Crippen LogP contribution >= 0.6 is 23.8 Å². The van der Waals surface area contributed by atoms with Crippen molar-refractivity contribution in [1.29, 1.82) is 0 Å². The highest BCUT2D eigenvalue weighted by atomic mass is 35.5. The van der Waals surface area contributed by atoms with Gasteiger partial charge < -0.3 is 10.2 Å². The number of rotatable bonds is 5. The first-order valence-corrected chi connectivity index (χ1v) is 8.21. The highest BCUT2D eigenvalue weighted by Gasteiger charge is 2.18. The van der Waals surface area contributed by atoms with E-state index >= 15 is 0 Å². The molecule has 136 valence electrons. The van der Waals surface area contributed by atoms with Crippen molar-refractivity contribution in [3.05, 3.63) is 73.3 Å². The van der Waals surface area contributed by atoms with E-state index < -0.39 is 9.85 Å². The van der Waals surface area contributed by atoms with Crippen molar-refractivity contribution < 1.29 is 9.85 Å². The van der Waals surface area contributed by atoms with Crippen LogP contribution in [0.5, 0.6) is 0 Å². The van der Waals surface area contributed by atoms with E-state index in [1.165, 1.54) is 30.3 Å². The molecule has 0 heterocycles. The minimum absolute atomic E-state index is 0.0108. The van der Waals surface area contributed by atoms with Crippen molar-refractivity contribution in [3.63, 3.8) is 0 Å². The zero-order chi connectivity index (χ0) is 19.4. The minimum Gasteiger partial charge on any atom is -0.345 e. The van der Waals surface area contributed by atoms with Gasteiger partial charge in [-0.15, -0.1) is 0 Å². The third-order valence-electron chi connectivity index (χ3n) is 3.87. The van der Waals surface area contributed by atoms with Gasteiger partial charge in [-0.3, -0.25) is 20.2 Å². The molecule has 0 aliphatic rings. The van der Waals surface area contributed by atoms with Gasteiger partial charge >= 0.3 is 0 Å². The lowest BCUT2D eigenvalue weighted by atomic mass is 10.1. The summed E-state index contributed by atoms with van der Waals surface area (Å²) in [4.78, 5) is 22.5. The van der Waals surface area contributed by atoms with Crippen molar-refractivity contribution in [3.8, 4) is 0 Å². The first kappa shape index (κ1) is 19.5. The van der Waals surface area contributed by atoms with Gasteiger partial charge in [-0.2, -0.15) is 0 Å². The molecule has 0 aliphatic carbocycles. The fraction of sp³-hybridized carbons (Fsp3) is 0.188. The summed E-state index contributed by atoms with van der Waals surface area (Å²) in [6.07, 6.45) is 0. The number of non-ortho nitro benzene ring substituents is 2. The maximum atomic E-state index is 10.9. The number of anilines is 1. The molecule has 0 aromatic heterocycles. The molecule has 2 aromatic rings. The molecule has 2 rings (SSSR count). The predicted molar refractivity (Wildman–Crippen MR) is 104 cm³/mol. The molecule has 0 aliphatic heterocycles. The molecule has 0 amide bonds. The highest BCUT2D eigenvalue weighted by molar-refractivity contribution is 7.80. The number of thiocarbonyl (C=S) groups is 1. The number of nitro groups is 2. The number of nitro benzene ring substituents is 2. The molecule has 26 heavy (non-hydrogen) atoms. The summed E-state index contributed by atoms with van der Waals surface area (Å²) in [5.41, 5.74) is 0.886. The third kappa shape index (κ3) is 4.44. The molecule has 10 heteroatoms. The van der Waals surface area contributed by atoms with E-state index in [1.54, 1.807) is 24.1 Å². The molecule has 0 unspecified atom stereocenters. The number of nitrogens with zero attached hydrogens (tertiary/aromatic N) is 3. The van der Waals surface area contributed by atoms with Crippen LogP contribution in [0, 0.1) is 20.2 Å². The van der Waals surface area contributed by atoms with Gasteiger partial charge in [0, 0.05) is 31.3 Å². The third-order valence-corrected chi connectivity index (χ3v) is 4.59. The summed E-state index contributed by atoms with van der Waals surface area (Å²) in [5.74, 6) is 0. The standard InChI is InChI=1S/C16H15ClN4O4S/c1-10(11-4-3-5-12(8-11)20(22)23)19(2)16(26)18-15-9-13(21(24)25)6-7-14(15)17/h3-10H,1-2H3,(H,18,26)/t10-/m1/s1. The van der Waals surface area contributed by atoms with Gasteiger partial charge in [-0.1, -0.05) is 23.7 Å². The second-order valence-corrected chi connectivity index (χ2v) is 6.28. The molecular weight excluding hydrogens is 380 g/mol. The monoisotopic (exact) mass is 394 g/mol. The van der Waals surface area contributed by atoms with Crippen molar-refractivity contribution >= 4 is 46.0 Å². The predicted octanol–water partition coefficient (Wildman–Crippen LogP) is 4.55. The SMILES string of the molecule is C[C@H](c1cccc([N+](=O)[O-])c1)N(C)C(=S)Nc1cc([N+](=O)[O-])ccc1Cl. The van der Waals surface area contributed by atoms with Gasteiger partial charge in [0.2, 0.25) is 0 Å². The molecule has 0 fully saturated rings. The molecule has 2 aromatic carbocycles. The Bertz CT molecular complexity index is 877. The molecule has 0 saturated carbocycles. The van der Waals surface area contributed by atoms with Crippen LogP contribution < -0.4 is 5.32 Å². The maximum Gasteiger partial charge on any atom is 0.271 e. The van der Waals surface area contributed by atoms with Crippen molar-refractivity contribution in [2.75, 3.05) is 12.4 Å². The molecular formula is C16H15ClN4O4S. The molecule has 0 bridgehead atoms. The normalized spacial score (nSPS) is 11.5. The number of hydrogen-bond donors (Lipinski definition) is 1. The van der Waals surface area contributed by atoms with E-state index in [0.29, 0.717) is 11.3 Å². The second-order valence-electron chi connectivity index (χ2n) is 5.49. The van der Waals surface area contributed by atoms with Gasteiger partial charge in [0.15, 0.2) is 5.11 Å². The molecule has 8 nitrogen and oxygen atoms in total. The summed E-state index contributed by atoms with van der Waals surface area (Å²) in [7, 11) is 1.71. The molecule has 0 spiro atoms. The Labute approximate surface area is 159 Å². The summed E-state index contributed by atoms with van der Waals surface area (Å²) in [6.45, 7) is 1.84. The Balaban J connectivity index is 2.19.